The first kappa shape index (κ1) is 25.9. The van der Waals surface area contributed by atoms with Crippen LogP contribution < -0.4 is 5.32 Å². The maximum atomic E-state index is 10.6. The van der Waals surface area contributed by atoms with Crippen molar-refractivity contribution in [1.29, 1.82) is 0 Å². The molecule has 10 heteroatoms. The number of hydrogen-bond acceptors (Lipinski definition) is 5. The van der Waals surface area contributed by atoms with Gasteiger partial charge in [0, 0.05) is 34.1 Å². The van der Waals surface area contributed by atoms with Gasteiger partial charge in [0.25, 0.3) is 0 Å². The molecular weight excluding hydrogens is 465 g/mol. The van der Waals surface area contributed by atoms with Crippen LogP contribution in [0.2, 0.25) is 0 Å². The van der Waals surface area contributed by atoms with Gasteiger partial charge in [0.05, 0.1) is 6.20 Å². The zero-order valence-electron chi connectivity index (χ0n) is 19.2. The predicted octanol–water partition coefficient (Wildman–Crippen LogP) is 6.66. The molecule has 0 bridgehead atoms. The number of alkyl halides is 3. The number of benzene rings is 1. The van der Waals surface area contributed by atoms with Crippen LogP contribution in [0.25, 0.3) is 16.9 Å². The van der Waals surface area contributed by atoms with Crippen LogP contribution >= 0.6 is 11.8 Å². The summed E-state index contributed by atoms with van der Waals surface area (Å²) in [4.78, 5) is 19.4. The third-order valence-corrected chi connectivity index (χ3v) is 6.94. The first-order valence-electron chi connectivity index (χ1n) is 11.3. The Labute approximate surface area is 201 Å². The highest BCUT2D eigenvalue weighted by Gasteiger charge is 2.38. The van der Waals surface area contributed by atoms with Crippen LogP contribution in [-0.4, -0.2) is 42.9 Å². The quantitative estimate of drug-likeness (QED) is 0.373. The maximum Gasteiger partial charge on any atom is 0.490 e. The molecule has 0 aliphatic heterocycles. The molecule has 2 N–H and O–H groups in total. The monoisotopic (exact) mass is 494 g/mol. The van der Waals surface area contributed by atoms with Crippen molar-refractivity contribution in [1.82, 2.24) is 14.4 Å². The van der Waals surface area contributed by atoms with Gasteiger partial charge in [-0.25, -0.2) is 9.78 Å². The number of rotatable bonds is 6. The molecule has 0 radical (unpaired) electrons. The summed E-state index contributed by atoms with van der Waals surface area (Å²) in [5, 5.41) is 11.6. The van der Waals surface area contributed by atoms with Crippen LogP contribution in [0, 0.1) is 0 Å². The predicted molar refractivity (Wildman–Crippen MR) is 128 cm³/mol. The minimum Gasteiger partial charge on any atom is -0.475 e. The second kappa shape index (κ2) is 11.6. The lowest BCUT2D eigenvalue weighted by Gasteiger charge is -2.24. The van der Waals surface area contributed by atoms with Crippen LogP contribution in [0.4, 0.5) is 19.0 Å². The Kier molecular flexibility index (Phi) is 8.82. The number of fused-ring (bicyclic) bond motifs is 1. The molecule has 34 heavy (non-hydrogen) atoms. The number of imidazole rings is 1. The normalized spacial score (nSPS) is 15.4. The first-order chi connectivity index (χ1) is 16.2. The highest BCUT2D eigenvalue weighted by atomic mass is 32.2. The van der Waals surface area contributed by atoms with Crippen molar-refractivity contribution in [3.63, 3.8) is 0 Å². The number of thioether (sulfide) groups is 1. The number of nitrogens with zero attached hydrogens (tertiary/aromatic N) is 3. The average Bonchev–Trinajstić information content (AvgIpc) is 3.18. The third kappa shape index (κ3) is 6.88. The smallest absolute Gasteiger partial charge is 0.475 e. The molecule has 0 amide bonds. The van der Waals surface area contributed by atoms with E-state index in [0.717, 1.165) is 22.7 Å². The van der Waals surface area contributed by atoms with Crippen LogP contribution in [0.1, 0.15) is 52.4 Å². The molecule has 1 saturated carbocycles. The topological polar surface area (TPSA) is 79.5 Å². The number of carbonyl (C=O) groups is 1. The van der Waals surface area contributed by atoms with Crippen molar-refractivity contribution in [3.8, 4) is 11.3 Å². The largest absolute Gasteiger partial charge is 0.490 e. The second-order valence-electron chi connectivity index (χ2n) is 8.26. The van der Waals surface area contributed by atoms with Gasteiger partial charge in [-0.2, -0.15) is 13.2 Å². The Bertz CT molecular complexity index is 1080. The highest BCUT2D eigenvalue weighted by Crippen LogP contribution is 2.33. The summed E-state index contributed by atoms with van der Waals surface area (Å²) >= 11 is 1.93. The molecule has 0 saturated heterocycles. The minimum atomic E-state index is -5.08. The fraction of sp³-hybridized carbons (Fsp3) is 0.458. The minimum absolute atomic E-state index is 0.533. The van der Waals surface area contributed by atoms with Crippen molar-refractivity contribution in [2.24, 2.45) is 0 Å². The van der Waals surface area contributed by atoms with E-state index >= 15 is 0 Å². The van der Waals surface area contributed by atoms with Crippen LogP contribution in [-0.2, 0) is 4.79 Å². The molecule has 1 atom stereocenters. The van der Waals surface area contributed by atoms with Gasteiger partial charge < -0.3 is 10.4 Å². The lowest BCUT2D eigenvalue weighted by atomic mass is 9.95. The van der Waals surface area contributed by atoms with Gasteiger partial charge >= 0.3 is 12.1 Å². The van der Waals surface area contributed by atoms with Gasteiger partial charge in [-0.3, -0.25) is 9.38 Å². The van der Waals surface area contributed by atoms with Crippen molar-refractivity contribution >= 4 is 29.2 Å². The van der Waals surface area contributed by atoms with E-state index in [-0.39, 0.29) is 0 Å². The maximum absolute atomic E-state index is 10.6. The Morgan fingerprint density at radius 2 is 1.88 bits per heavy atom. The molecule has 6 nitrogen and oxygen atoms in total. The molecule has 1 fully saturated rings. The lowest BCUT2D eigenvalue weighted by Crippen LogP contribution is -2.23. The van der Waals surface area contributed by atoms with Crippen LogP contribution in [0.5, 0.6) is 0 Å². The SMILES string of the molecule is CCC(C)Sc1ccc(-c2nc3cnccn3c2NC2CCCCC2)cc1.O=C(O)C(F)(F)F. The van der Waals surface area contributed by atoms with E-state index in [9.17, 15) is 13.2 Å². The van der Waals surface area contributed by atoms with E-state index in [1.54, 1.807) is 0 Å². The lowest BCUT2D eigenvalue weighted by molar-refractivity contribution is -0.192. The number of aliphatic carboxylic acids is 1. The average molecular weight is 495 g/mol. The number of anilines is 1. The number of nitrogens with one attached hydrogen (secondary N) is 1. The van der Waals surface area contributed by atoms with Crippen molar-refractivity contribution in [2.75, 3.05) is 5.32 Å². The van der Waals surface area contributed by atoms with Crippen molar-refractivity contribution < 1.29 is 23.1 Å². The van der Waals surface area contributed by atoms with Crippen molar-refractivity contribution in [2.45, 2.75) is 74.7 Å². The summed E-state index contributed by atoms with van der Waals surface area (Å²) in [5.74, 6) is -1.66. The number of halogens is 3. The van der Waals surface area contributed by atoms with E-state index in [1.165, 1.54) is 43.4 Å². The van der Waals surface area contributed by atoms with Gasteiger partial charge in [-0.15, -0.1) is 11.8 Å². The van der Waals surface area contributed by atoms with E-state index in [1.807, 2.05) is 30.4 Å². The summed E-state index contributed by atoms with van der Waals surface area (Å²) in [6.45, 7) is 4.51. The molecule has 1 aromatic carbocycles. The first-order valence-corrected chi connectivity index (χ1v) is 12.2. The van der Waals surface area contributed by atoms with Gasteiger partial charge in [-0.05, 0) is 31.4 Å². The van der Waals surface area contributed by atoms with Gasteiger partial charge in [-0.1, -0.05) is 45.2 Å². The molecule has 1 aliphatic rings. The molecule has 1 aliphatic carbocycles. The Balaban J connectivity index is 0.000000406. The molecule has 1 unspecified atom stereocenters. The molecule has 2 heterocycles. The Morgan fingerprint density at radius 1 is 1.24 bits per heavy atom. The Hall–Kier alpha value is -2.75. The molecule has 4 rings (SSSR count). The van der Waals surface area contributed by atoms with Crippen LogP contribution in [0.15, 0.2) is 47.8 Å². The summed E-state index contributed by atoms with van der Waals surface area (Å²) in [5.41, 5.74) is 3.07. The summed E-state index contributed by atoms with van der Waals surface area (Å²) in [6, 6.07) is 9.38. The highest BCUT2D eigenvalue weighted by molar-refractivity contribution is 7.99. The number of carboxylic acid groups (broad SMARTS) is 1. The third-order valence-electron chi connectivity index (χ3n) is 5.66. The van der Waals surface area contributed by atoms with E-state index in [0.29, 0.717) is 11.3 Å². The Morgan fingerprint density at radius 3 is 2.47 bits per heavy atom. The zero-order chi connectivity index (χ0) is 24.7. The number of carboxylic acids is 1. The molecule has 3 aromatic rings. The molecule has 2 aromatic heterocycles. The molecular formula is C24H29F3N4O2S. The summed E-state index contributed by atoms with van der Waals surface area (Å²) < 4.78 is 33.9. The fourth-order valence-corrected chi connectivity index (χ4v) is 4.62. The second-order valence-corrected chi connectivity index (χ2v) is 9.77. The molecule has 0 spiro atoms. The van der Waals surface area contributed by atoms with E-state index in [4.69, 9.17) is 14.9 Å². The van der Waals surface area contributed by atoms with Crippen LogP contribution in [0.3, 0.4) is 0 Å². The standard InChI is InChI=1S/C22H28N4S.C2HF3O2/c1-3-16(2)27-19-11-9-17(10-12-19)21-22(24-18-7-5-4-6-8-18)26-14-13-23-15-20(26)25-21;3-2(4,5)1(6)7/h9-16,18,24H,3-8H2,1-2H3;(H,6,7). The van der Waals surface area contributed by atoms with E-state index in [2.05, 4.69) is 52.8 Å². The van der Waals surface area contributed by atoms with Gasteiger partial charge in [0.1, 0.15) is 11.5 Å². The van der Waals surface area contributed by atoms with E-state index < -0.39 is 12.1 Å². The summed E-state index contributed by atoms with van der Waals surface area (Å²) in [6.07, 6.45) is 8.23. The van der Waals surface area contributed by atoms with Gasteiger partial charge in [0.15, 0.2) is 5.65 Å². The summed E-state index contributed by atoms with van der Waals surface area (Å²) in [7, 11) is 0. The fourth-order valence-electron chi connectivity index (χ4n) is 3.69. The number of hydrogen-bond donors (Lipinski definition) is 2. The zero-order valence-corrected chi connectivity index (χ0v) is 20.0. The van der Waals surface area contributed by atoms with Crippen molar-refractivity contribution in [3.05, 3.63) is 42.9 Å². The molecule has 184 valence electrons. The number of aromatic nitrogens is 3. The van der Waals surface area contributed by atoms with Gasteiger partial charge in [0.2, 0.25) is 0 Å².